The van der Waals surface area contributed by atoms with Crippen molar-refractivity contribution in [3.05, 3.63) is 34.1 Å². The second kappa shape index (κ2) is 4.91. The smallest absolute Gasteiger partial charge is 0.417 e. The molecule has 7 heteroatoms. The number of hydrogen-bond donors (Lipinski definition) is 0. The van der Waals surface area contributed by atoms with E-state index < -0.39 is 34.1 Å². The van der Waals surface area contributed by atoms with E-state index in [1.54, 1.807) is 0 Å². The van der Waals surface area contributed by atoms with Crippen LogP contribution in [-0.4, -0.2) is 12.6 Å². The van der Waals surface area contributed by atoms with E-state index in [2.05, 4.69) is 4.74 Å². The predicted octanol–water partition coefficient (Wildman–Crippen LogP) is 3.67. The zero-order valence-corrected chi connectivity index (χ0v) is 9.32. The minimum Gasteiger partial charge on any atom is -0.462 e. The van der Waals surface area contributed by atoms with Gasteiger partial charge in [0.15, 0.2) is 0 Å². The molecule has 0 saturated carbocycles. The van der Waals surface area contributed by atoms with Gasteiger partial charge in [0.1, 0.15) is 5.82 Å². The van der Waals surface area contributed by atoms with Crippen LogP contribution in [0.4, 0.5) is 17.6 Å². The summed E-state index contributed by atoms with van der Waals surface area (Å²) in [5, 5.41) is -0.864. The highest BCUT2D eigenvalue weighted by Gasteiger charge is 2.36. The predicted molar refractivity (Wildman–Crippen MR) is 52.4 cm³/mol. The number of carbonyl (C=O) groups excluding carboxylic acids is 1. The van der Waals surface area contributed by atoms with Gasteiger partial charge in [-0.3, -0.25) is 0 Å². The third kappa shape index (κ3) is 3.09. The van der Waals surface area contributed by atoms with E-state index in [4.69, 9.17) is 11.6 Å². The molecule has 0 saturated heterocycles. The van der Waals surface area contributed by atoms with Gasteiger partial charge in [-0.1, -0.05) is 11.6 Å². The quantitative estimate of drug-likeness (QED) is 0.605. The molecule has 0 aromatic heterocycles. The fourth-order valence-electron chi connectivity index (χ4n) is 1.15. The van der Waals surface area contributed by atoms with Crippen molar-refractivity contribution in [1.29, 1.82) is 0 Å². The fourth-order valence-corrected chi connectivity index (χ4v) is 1.45. The lowest BCUT2D eigenvalue weighted by molar-refractivity contribution is -0.137. The summed E-state index contributed by atoms with van der Waals surface area (Å²) in [5.41, 5.74) is -2.04. The molecule has 0 fully saturated rings. The zero-order chi connectivity index (χ0) is 13.2. The topological polar surface area (TPSA) is 26.3 Å². The van der Waals surface area contributed by atoms with Gasteiger partial charge in [-0.05, 0) is 19.1 Å². The average Bonchev–Trinajstić information content (AvgIpc) is 2.19. The number of alkyl halides is 3. The standard InChI is InChI=1S/C10H7ClF4O2/c1-2-17-9(16)6-3-5(12)4-7(8(6)11)10(13,14)15/h3-4H,2H2,1H3. The molecule has 0 aliphatic heterocycles. The number of benzene rings is 1. The summed E-state index contributed by atoms with van der Waals surface area (Å²) in [6.07, 6.45) is -4.83. The highest BCUT2D eigenvalue weighted by molar-refractivity contribution is 6.34. The van der Waals surface area contributed by atoms with Crippen molar-refractivity contribution in [3.8, 4) is 0 Å². The van der Waals surface area contributed by atoms with Crippen LogP contribution in [0, 0.1) is 5.82 Å². The second-order valence-electron chi connectivity index (χ2n) is 3.03. The molecule has 0 aliphatic rings. The molecule has 1 aromatic carbocycles. The third-order valence-electron chi connectivity index (χ3n) is 1.84. The Labute approximate surface area is 99.1 Å². The van der Waals surface area contributed by atoms with Crippen molar-refractivity contribution < 1.29 is 27.1 Å². The molecule has 2 nitrogen and oxygen atoms in total. The molecule has 17 heavy (non-hydrogen) atoms. The van der Waals surface area contributed by atoms with Crippen LogP contribution in [0.5, 0.6) is 0 Å². The zero-order valence-electron chi connectivity index (χ0n) is 8.57. The van der Waals surface area contributed by atoms with Crippen LogP contribution in [0.3, 0.4) is 0 Å². The molecule has 0 aliphatic carbocycles. The van der Waals surface area contributed by atoms with E-state index >= 15 is 0 Å². The number of carbonyl (C=O) groups is 1. The molecule has 0 atom stereocenters. The van der Waals surface area contributed by atoms with Gasteiger partial charge in [0.25, 0.3) is 0 Å². The first-order valence-corrected chi connectivity index (χ1v) is 4.88. The molecule has 0 unspecified atom stereocenters. The molecule has 0 heterocycles. The SMILES string of the molecule is CCOC(=O)c1cc(F)cc(C(F)(F)F)c1Cl. The van der Waals surface area contributed by atoms with Crippen LogP contribution in [0.1, 0.15) is 22.8 Å². The van der Waals surface area contributed by atoms with Crippen LogP contribution in [0.2, 0.25) is 5.02 Å². The Morgan fingerprint density at radius 1 is 1.41 bits per heavy atom. The van der Waals surface area contributed by atoms with Gasteiger partial charge in [0.2, 0.25) is 0 Å². The molecule has 1 rings (SSSR count). The summed E-state index contributed by atoms with van der Waals surface area (Å²) >= 11 is 5.41. The van der Waals surface area contributed by atoms with E-state index in [1.807, 2.05) is 0 Å². The molecule has 0 N–H and O–H groups in total. The normalized spacial score (nSPS) is 11.4. The fraction of sp³-hybridized carbons (Fsp3) is 0.300. The van der Waals surface area contributed by atoms with Crippen molar-refractivity contribution >= 4 is 17.6 Å². The van der Waals surface area contributed by atoms with Crippen molar-refractivity contribution in [2.75, 3.05) is 6.61 Å². The van der Waals surface area contributed by atoms with E-state index in [9.17, 15) is 22.4 Å². The van der Waals surface area contributed by atoms with E-state index in [1.165, 1.54) is 6.92 Å². The maximum atomic E-state index is 13.0. The molecule has 0 amide bonds. The van der Waals surface area contributed by atoms with Crippen molar-refractivity contribution in [1.82, 2.24) is 0 Å². The molecule has 0 bridgehead atoms. The summed E-state index contributed by atoms with van der Waals surface area (Å²) in [6.45, 7) is 1.42. The first kappa shape index (κ1) is 13.8. The lowest BCUT2D eigenvalue weighted by atomic mass is 10.1. The third-order valence-corrected chi connectivity index (χ3v) is 2.25. The van der Waals surface area contributed by atoms with Crippen LogP contribution >= 0.6 is 11.6 Å². The maximum absolute atomic E-state index is 13.0. The largest absolute Gasteiger partial charge is 0.462 e. The van der Waals surface area contributed by atoms with Gasteiger partial charge in [0, 0.05) is 0 Å². The molecule has 94 valence electrons. The van der Waals surface area contributed by atoms with Crippen LogP contribution in [0.25, 0.3) is 0 Å². The summed E-state index contributed by atoms with van der Waals surface area (Å²) in [4.78, 5) is 11.3. The molecule has 0 spiro atoms. The van der Waals surface area contributed by atoms with Crippen molar-refractivity contribution in [2.45, 2.75) is 13.1 Å². The first-order valence-electron chi connectivity index (χ1n) is 4.50. The van der Waals surface area contributed by atoms with Gasteiger partial charge in [0.05, 0.1) is 22.8 Å². The number of hydrogen-bond acceptors (Lipinski definition) is 2. The van der Waals surface area contributed by atoms with Gasteiger partial charge in [-0.25, -0.2) is 9.18 Å². The summed E-state index contributed by atoms with van der Waals surface area (Å²) in [7, 11) is 0. The maximum Gasteiger partial charge on any atom is 0.417 e. The molecular formula is C10H7ClF4O2. The Balaban J connectivity index is 3.34. The van der Waals surface area contributed by atoms with Crippen LogP contribution in [0.15, 0.2) is 12.1 Å². The Hall–Kier alpha value is -1.30. The van der Waals surface area contributed by atoms with Crippen molar-refractivity contribution in [2.24, 2.45) is 0 Å². The van der Waals surface area contributed by atoms with E-state index in [0.717, 1.165) is 0 Å². The van der Waals surface area contributed by atoms with Gasteiger partial charge >= 0.3 is 12.1 Å². The van der Waals surface area contributed by atoms with E-state index in [0.29, 0.717) is 6.07 Å². The average molecular weight is 271 g/mol. The number of esters is 1. The second-order valence-corrected chi connectivity index (χ2v) is 3.41. The number of rotatable bonds is 2. The Morgan fingerprint density at radius 2 is 2.00 bits per heavy atom. The number of ether oxygens (including phenoxy) is 1. The lowest BCUT2D eigenvalue weighted by Gasteiger charge is -2.12. The van der Waals surface area contributed by atoms with Gasteiger partial charge in [-0.15, -0.1) is 0 Å². The first-order chi connectivity index (χ1) is 7.77. The molecular weight excluding hydrogens is 264 g/mol. The van der Waals surface area contributed by atoms with Crippen LogP contribution in [-0.2, 0) is 10.9 Å². The van der Waals surface area contributed by atoms with Crippen LogP contribution < -0.4 is 0 Å². The van der Waals surface area contributed by atoms with Gasteiger partial charge < -0.3 is 4.74 Å². The summed E-state index contributed by atoms with van der Waals surface area (Å²) < 4.78 is 54.8. The van der Waals surface area contributed by atoms with E-state index in [-0.39, 0.29) is 12.7 Å². The Bertz CT molecular complexity index is 443. The monoisotopic (exact) mass is 270 g/mol. The minimum atomic E-state index is -4.83. The summed E-state index contributed by atoms with van der Waals surface area (Å²) in [5.74, 6) is -2.30. The highest BCUT2D eigenvalue weighted by atomic mass is 35.5. The Morgan fingerprint density at radius 3 is 2.47 bits per heavy atom. The van der Waals surface area contributed by atoms with Gasteiger partial charge in [-0.2, -0.15) is 13.2 Å². The molecule has 0 radical (unpaired) electrons. The van der Waals surface area contributed by atoms with Crippen molar-refractivity contribution in [3.63, 3.8) is 0 Å². The highest BCUT2D eigenvalue weighted by Crippen LogP contribution is 2.37. The summed E-state index contributed by atoms with van der Waals surface area (Å²) in [6, 6.07) is 0.834. The number of halogens is 5. The molecule has 1 aromatic rings. The minimum absolute atomic E-state index is 0.0486. The Kier molecular flexibility index (Phi) is 3.98. The lowest BCUT2D eigenvalue weighted by Crippen LogP contribution is -2.12.